The zero-order valence-corrected chi connectivity index (χ0v) is 16.4. The molecule has 3 rings (SSSR count). The van der Waals surface area contributed by atoms with Gasteiger partial charge in [0, 0.05) is 38.7 Å². The third kappa shape index (κ3) is 4.01. The molecular formula is C17H17Cl2N3O3S. The van der Waals surface area contributed by atoms with Crippen molar-refractivity contribution in [3.8, 4) is 0 Å². The van der Waals surface area contributed by atoms with Crippen LogP contribution >= 0.6 is 34.5 Å². The van der Waals surface area contributed by atoms with Crippen molar-refractivity contribution in [2.24, 2.45) is 0 Å². The van der Waals surface area contributed by atoms with E-state index in [0.717, 1.165) is 5.01 Å². The lowest BCUT2D eigenvalue weighted by atomic mass is 10.1. The van der Waals surface area contributed by atoms with Crippen LogP contribution in [0.4, 0.5) is 0 Å². The Morgan fingerprint density at radius 1 is 1.15 bits per heavy atom. The number of piperazine rings is 1. The molecule has 1 aromatic carbocycles. The third-order valence-electron chi connectivity index (χ3n) is 4.07. The number of benzene rings is 1. The minimum atomic E-state index is -0.180. The predicted molar refractivity (Wildman–Crippen MR) is 101 cm³/mol. The van der Waals surface area contributed by atoms with Gasteiger partial charge in [0.05, 0.1) is 22.2 Å². The van der Waals surface area contributed by atoms with Gasteiger partial charge in [0.15, 0.2) is 0 Å². The van der Waals surface area contributed by atoms with Crippen molar-refractivity contribution >= 4 is 46.4 Å². The van der Waals surface area contributed by atoms with Crippen LogP contribution in [0.1, 0.15) is 25.9 Å². The van der Waals surface area contributed by atoms with E-state index in [1.54, 1.807) is 40.5 Å². The summed E-state index contributed by atoms with van der Waals surface area (Å²) in [5.74, 6) is -0.308. The maximum atomic E-state index is 12.6. The van der Waals surface area contributed by atoms with Crippen LogP contribution in [0.15, 0.2) is 23.6 Å². The summed E-state index contributed by atoms with van der Waals surface area (Å²) >= 11 is 13.5. The largest absolute Gasteiger partial charge is 0.378 e. The van der Waals surface area contributed by atoms with Crippen LogP contribution in [-0.2, 0) is 11.3 Å². The monoisotopic (exact) mass is 413 g/mol. The van der Waals surface area contributed by atoms with E-state index in [4.69, 9.17) is 27.9 Å². The fraction of sp³-hybridized carbons (Fsp3) is 0.353. The molecule has 0 spiro atoms. The molecule has 1 aromatic heterocycles. The number of amides is 2. The molecule has 138 valence electrons. The Kier molecular flexibility index (Phi) is 6.13. The Hall–Kier alpha value is -1.67. The van der Waals surface area contributed by atoms with Gasteiger partial charge in [0.25, 0.3) is 11.8 Å². The van der Waals surface area contributed by atoms with Gasteiger partial charge in [-0.2, -0.15) is 0 Å². The Balaban J connectivity index is 1.62. The molecule has 0 atom stereocenters. The summed E-state index contributed by atoms with van der Waals surface area (Å²) in [6.45, 7) is 2.14. The predicted octanol–water partition coefficient (Wildman–Crippen LogP) is 3.19. The lowest BCUT2D eigenvalue weighted by Gasteiger charge is -2.34. The first-order chi connectivity index (χ1) is 12.5. The number of hydrogen-bond acceptors (Lipinski definition) is 5. The maximum Gasteiger partial charge on any atom is 0.273 e. The summed E-state index contributed by atoms with van der Waals surface area (Å²) in [4.78, 5) is 32.9. The van der Waals surface area contributed by atoms with Crippen LogP contribution in [0.5, 0.6) is 0 Å². The van der Waals surface area contributed by atoms with E-state index >= 15 is 0 Å². The highest BCUT2D eigenvalue weighted by molar-refractivity contribution is 7.09. The summed E-state index contributed by atoms with van der Waals surface area (Å²) in [5, 5.41) is 3.10. The van der Waals surface area contributed by atoms with Crippen molar-refractivity contribution in [1.82, 2.24) is 14.8 Å². The summed E-state index contributed by atoms with van der Waals surface area (Å²) in [7, 11) is 1.59. The SMILES string of the molecule is COCc1nc(C(=O)N2CCN(C(=O)c3cccc(Cl)c3Cl)CC2)cs1. The number of ether oxygens (including phenoxy) is 1. The lowest BCUT2D eigenvalue weighted by molar-refractivity contribution is 0.0532. The Morgan fingerprint density at radius 2 is 1.81 bits per heavy atom. The highest BCUT2D eigenvalue weighted by Gasteiger charge is 2.27. The second-order valence-electron chi connectivity index (χ2n) is 5.75. The zero-order chi connectivity index (χ0) is 18.7. The normalized spacial score (nSPS) is 14.6. The number of halogens is 2. The first-order valence-corrected chi connectivity index (χ1v) is 9.60. The van der Waals surface area contributed by atoms with Crippen LogP contribution in [0.2, 0.25) is 10.0 Å². The first-order valence-electron chi connectivity index (χ1n) is 7.97. The molecule has 0 unspecified atom stereocenters. The van der Waals surface area contributed by atoms with E-state index in [1.807, 2.05) is 0 Å². The quantitative estimate of drug-likeness (QED) is 0.771. The topological polar surface area (TPSA) is 62.7 Å². The van der Waals surface area contributed by atoms with Crippen LogP contribution in [0.25, 0.3) is 0 Å². The first kappa shape index (κ1) is 19.1. The molecule has 2 amide bonds. The lowest BCUT2D eigenvalue weighted by Crippen LogP contribution is -2.50. The smallest absolute Gasteiger partial charge is 0.273 e. The molecule has 1 saturated heterocycles. The van der Waals surface area contributed by atoms with Crippen LogP contribution < -0.4 is 0 Å². The minimum absolute atomic E-state index is 0.128. The highest BCUT2D eigenvalue weighted by Crippen LogP contribution is 2.27. The number of methoxy groups -OCH3 is 1. The second-order valence-corrected chi connectivity index (χ2v) is 7.47. The number of thiazole rings is 1. The fourth-order valence-corrected chi connectivity index (χ4v) is 3.83. The molecular weight excluding hydrogens is 397 g/mol. The maximum absolute atomic E-state index is 12.6. The molecule has 2 aromatic rings. The summed E-state index contributed by atoms with van der Waals surface area (Å²) < 4.78 is 5.03. The van der Waals surface area contributed by atoms with Crippen molar-refractivity contribution in [2.75, 3.05) is 33.3 Å². The van der Waals surface area contributed by atoms with Gasteiger partial charge in [-0.05, 0) is 12.1 Å². The molecule has 0 bridgehead atoms. The van der Waals surface area contributed by atoms with Gasteiger partial charge in [-0.15, -0.1) is 11.3 Å². The molecule has 2 heterocycles. The van der Waals surface area contributed by atoms with Crippen molar-refractivity contribution in [1.29, 1.82) is 0 Å². The van der Waals surface area contributed by atoms with Gasteiger partial charge < -0.3 is 14.5 Å². The summed E-state index contributed by atoms with van der Waals surface area (Å²) in [6, 6.07) is 4.99. The van der Waals surface area contributed by atoms with E-state index in [-0.39, 0.29) is 16.8 Å². The average Bonchev–Trinajstić information content (AvgIpc) is 3.12. The minimum Gasteiger partial charge on any atom is -0.378 e. The van der Waals surface area contributed by atoms with Gasteiger partial charge >= 0.3 is 0 Å². The summed E-state index contributed by atoms with van der Waals surface area (Å²) in [5.41, 5.74) is 0.794. The Labute approximate surface area is 165 Å². The van der Waals surface area contributed by atoms with Crippen molar-refractivity contribution in [3.05, 3.63) is 49.9 Å². The van der Waals surface area contributed by atoms with Gasteiger partial charge in [0.2, 0.25) is 0 Å². The number of aromatic nitrogens is 1. The Bertz CT molecular complexity index is 819. The van der Waals surface area contributed by atoms with Gasteiger partial charge in [-0.3, -0.25) is 9.59 Å². The number of hydrogen-bond donors (Lipinski definition) is 0. The number of carbonyl (C=O) groups is 2. The van der Waals surface area contributed by atoms with Crippen molar-refractivity contribution < 1.29 is 14.3 Å². The van der Waals surface area contributed by atoms with Crippen LogP contribution in [0, 0.1) is 0 Å². The van der Waals surface area contributed by atoms with Gasteiger partial charge in [0.1, 0.15) is 10.7 Å². The van der Waals surface area contributed by atoms with Crippen molar-refractivity contribution in [2.45, 2.75) is 6.61 Å². The molecule has 0 aliphatic carbocycles. The molecule has 0 radical (unpaired) electrons. The van der Waals surface area contributed by atoms with E-state index in [0.29, 0.717) is 49.1 Å². The van der Waals surface area contributed by atoms with E-state index in [1.165, 1.54) is 11.3 Å². The number of nitrogens with zero attached hydrogens (tertiary/aromatic N) is 3. The van der Waals surface area contributed by atoms with Crippen LogP contribution in [0.3, 0.4) is 0 Å². The molecule has 0 saturated carbocycles. The standard InChI is InChI=1S/C17H17Cl2N3O3S/c1-25-9-14-20-13(10-26-14)17(24)22-7-5-21(6-8-22)16(23)11-3-2-4-12(18)15(11)19/h2-4,10H,5-9H2,1H3. The fourth-order valence-electron chi connectivity index (χ4n) is 2.71. The van der Waals surface area contributed by atoms with Gasteiger partial charge in [-0.25, -0.2) is 4.98 Å². The zero-order valence-electron chi connectivity index (χ0n) is 14.1. The van der Waals surface area contributed by atoms with E-state index in [9.17, 15) is 9.59 Å². The van der Waals surface area contributed by atoms with E-state index < -0.39 is 0 Å². The molecule has 1 fully saturated rings. The average molecular weight is 414 g/mol. The number of carbonyl (C=O) groups excluding carboxylic acids is 2. The molecule has 1 aliphatic heterocycles. The Morgan fingerprint density at radius 3 is 2.46 bits per heavy atom. The van der Waals surface area contributed by atoms with Gasteiger partial charge in [-0.1, -0.05) is 29.3 Å². The highest BCUT2D eigenvalue weighted by atomic mass is 35.5. The number of rotatable bonds is 4. The van der Waals surface area contributed by atoms with Crippen LogP contribution in [-0.4, -0.2) is 59.9 Å². The molecule has 6 nitrogen and oxygen atoms in total. The molecule has 26 heavy (non-hydrogen) atoms. The molecule has 9 heteroatoms. The molecule has 0 N–H and O–H groups in total. The second kappa shape index (κ2) is 8.35. The third-order valence-corrected chi connectivity index (χ3v) is 5.72. The van der Waals surface area contributed by atoms with Crippen molar-refractivity contribution in [3.63, 3.8) is 0 Å². The summed E-state index contributed by atoms with van der Waals surface area (Å²) in [6.07, 6.45) is 0. The molecule has 1 aliphatic rings. The van der Waals surface area contributed by atoms with E-state index in [2.05, 4.69) is 4.98 Å².